The van der Waals surface area contributed by atoms with Crippen LogP contribution in [0, 0.1) is 25.2 Å². The monoisotopic (exact) mass is 311 g/mol. The number of hydrogen-bond acceptors (Lipinski definition) is 4. The van der Waals surface area contributed by atoms with E-state index < -0.39 is 5.97 Å². The van der Waals surface area contributed by atoms with Crippen molar-refractivity contribution < 1.29 is 14.3 Å². The molecule has 23 heavy (non-hydrogen) atoms. The number of ether oxygens (including phenoxy) is 1. The molecule has 118 valence electrons. The Morgan fingerprint density at radius 3 is 2.48 bits per heavy atom. The van der Waals surface area contributed by atoms with Crippen LogP contribution in [0.25, 0.3) is 0 Å². The molecule has 6 nitrogen and oxygen atoms in total. The van der Waals surface area contributed by atoms with Gasteiger partial charge in [-0.15, -0.1) is 0 Å². The van der Waals surface area contributed by atoms with Crippen LogP contribution in [0.1, 0.15) is 44.6 Å². The first kappa shape index (κ1) is 16.3. The van der Waals surface area contributed by atoms with Crippen LogP contribution < -0.4 is 5.32 Å². The first-order chi connectivity index (χ1) is 11.0. The third-order valence-electron chi connectivity index (χ3n) is 3.42. The Bertz CT molecular complexity index is 783. The van der Waals surface area contributed by atoms with Gasteiger partial charge in [0, 0.05) is 11.4 Å². The van der Waals surface area contributed by atoms with E-state index in [1.165, 1.54) is 0 Å². The Morgan fingerprint density at radius 2 is 1.91 bits per heavy atom. The quantitative estimate of drug-likeness (QED) is 0.849. The molecule has 0 atom stereocenters. The van der Waals surface area contributed by atoms with Crippen LogP contribution in [0.15, 0.2) is 24.3 Å². The SMILES string of the molecule is CCOC(=O)c1c(C)[nH]c(C(=O)Nc2ccc(C#N)cc2)c1C. The van der Waals surface area contributed by atoms with Gasteiger partial charge in [0.25, 0.3) is 5.91 Å². The molecule has 0 saturated heterocycles. The van der Waals surface area contributed by atoms with Gasteiger partial charge < -0.3 is 15.0 Å². The highest BCUT2D eigenvalue weighted by molar-refractivity contribution is 6.06. The number of aryl methyl sites for hydroxylation is 1. The van der Waals surface area contributed by atoms with E-state index in [9.17, 15) is 9.59 Å². The lowest BCUT2D eigenvalue weighted by atomic mass is 10.1. The van der Waals surface area contributed by atoms with Gasteiger partial charge in [-0.05, 0) is 50.6 Å². The van der Waals surface area contributed by atoms with Gasteiger partial charge in [0.1, 0.15) is 5.69 Å². The van der Waals surface area contributed by atoms with E-state index in [0.29, 0.717) is 33.8 Å². The maximum Gasteiger partial charge on any atom is 0.340 e. The van der Waals surface area contributed by atoms with Crippen molar-refractivity contribution in [1.82, 2.24) is 4.98 Å². The molecule has 1 aromatic heterocycles. The van der Waals surface area contributed by atoms with Gasteiger partial charge in [0.05, 0.1) is 23.8 Å². The second-order valence-corrected chi connectivity index (χ2v) is 4.99. The predicted molar refractivity (Wildman–Crippen MR) is 85.3 cm³/mol. The minimum atomic E-state index is -0.448. The maximum atomic E-state index is 12.4. The predicted octanol–water partition coefficient (Wildman–Crippen LogP) is 2.93. The fraction of sp³-hybridized carbons (Fsp3) is 0.235. The number of H-pyrrole nitrogens is 1. The van der Waals surface area contributed by atoms with Gasteiger partial charge in [0.15, 0.2) is 0 Å². The molecule has 1 aromatic carbocycles. The third-order valence-corrected chi connectivity index (χ3v) is 3.42. The zero-order valence-corrected chi connectivity index (χ0v) is 13.2. The van der Waals surface area contributed by atoms with Crippen molar-refractivity contribution in [2.45, 2.75) is 20.8 Å². The number of aromatic amines is 1. The van der Waals surface area contributed by atoms with E-state index in [4.69, 9.17) is 10.00 Å². The Kier molecular flexibility index (Phi) is 4.82. The number of carbonyl (C=O) groups is 2. The fourth-order valence-corrected chi connectivity index (χ4v) is 2.31. The standard InChI is InChI=1S/C17H17N3O3/c1-4-23-17(22)14-10(2)15(19-11(14)3)16(21)20-13-7-5-12(9-18)6-8-13/h5-8,19H,4H2,1-3H3,(H,20,21). The number of amides is 1. The number of carbonyl (C=O) groups excluding carboxylic acids is 2. The smallest absolute Gasteiger partial charge is 0.340 e. The lowest BCUT2D eigenvalue weighted by Crippen LogP contribution is -2.14. The van der Waals surface area contributed by atoms with E-state index in [2.05, 4.69) is 10.3 Å². The van der Waals surface area contributed by atoms with Crippen LogP contribution in [0.5, 0.6) is 0 Å². The lowest BCUT2D eigenvalue weighted by Gasteiger charge is -2.05. The zero-order chi connectivity index (χ0) is 17.0. The summed E-state index contributed by atoms with van der Waals surface area (Å²) in [6, 6.07) is 8.54. The van der Waals surface area contributed by atoms with Crippen molar-refractivity contribution in [2.75, 3.05) is 11.9 Å². The molecule has 2 aromatic rings. The number of esters is 1. The van der Waals surface area contributed by atoms with E-state index >= 15 is 0 Å². The Hall–Kier alpha value is -3.07. The second kappa shape index (κ2) is 6.79. The van der Waals surface area contributed by atoms with Crippen LogP contribution in [-0.2, 0) is 4.74 Å². The van der Waals surface area contributed by atoms with Gasteiger partial charge >= 0.3 is 5.97 Å². The van der Waals surface area contributed by atoms with Crippen molar-refractivity contribution in [3.63, 3.8) is 0 Å². The molecule has 2 N–H and O–H groups in total. The normalized spacial score (nSPS) is 10.0. The molecule has 0 aliphatic heterocycles. The van der Waals surface area contributed by atoms with Gasteiger partial charge in [-0.2, -0.15) is 5.26 Å². The van der Waals surface area contributed by atoms with Crippen LogP contribution in [0.4, 0.5) is 5.69 Å². The van der Waals surface area contributed by atoms with Crippen LogP contribution in [0.3, 0.4) is 0 Å². The maximum absolute atomic E-state index is 12.4. The van der Waals surface area contributed by atoms with Crippen molar-refractivity contribution in [3.8, 4) is 6.07 Å². The summed E-state index contributed by atoms with van der Waals surface area (Å²) in [5, 5.41) is 11.5. The first-order valence-electron chi connectivity index (χ1n) is 7.15. The third kappa shape index (κ3) is 3.40. The minimum absolute atomic E-state index is 0.273. The van der Waals surface area contributed by atoms with Crippen molar-refractivity contribution in [3.05, 3.63) is 52.3 Å². The molecule has 0 bridgehead atoms. The van der Waals surface area contributed by atoms with Crippen LogP contribution in [0.2, 0.25) is 0 Å². The molecule has 2 rings (SSSR count). The molecule has 0 unspecified atom stereocenters. The van der Waals surface area contributed by atoms with Gasteiger partial charge in [-0.1, -0.05) is 0 Å². The summed E-state index contributed by atoms with van der Waals surface area (Å²) in [4.78, 5) is 27.3. The van der Waals surface area contributed by atoms with Gasteiger partial charge in [0.2, 0.25) is 0 Å². The molecule has 0 radical (unpaired) electrons. The molecule has 6 heteroatoms. The number of rotatable bonds is 4. The molecule has 0 spiro atoms. The number of hydrogen-bond donors (Lipinski definition) is 2. The Morgan fingerprint density at radius 1 is 1.26 bits per heavy atom. The Labute approximate surface area is 134 Å². The highest BCUT2D eigenvalue weighted by Gasteiger charge is 2.22. The van der Waals surface area contributed by atoms with Gasteiger partial charge in [-0.25, -0.2) is 4.79 Å². The lowest BCUT2D eigenvalue weighted by molar-refractivity contribution is 0.0525. The number of nitriles is 1. The largest absolute Gasteiger partial charge is 0.462 e. The van der Waals surface area contributed by atoms with Crippen LogP contribution >= 0.6 is 0 Å². The minimum Gasteiger partial charge on any atom is -0.462 e. The summed E-state index contributed by atoms with van der Waals surface area (Å²) in [6.45, 7) is 5.42. The molecule has 0 aliphatic rings. The average Bonchev–Trinajstić information content (AvgIpc) is 2.83. The molecule has 1 amide bonds. The van der Waals surface area contributed by atoms with Crippen molar-refractivity contribution in [1.29, 1.82) is 5.26 Å². The highest BCUT2D eigenvalue weighted by Crippen LogP contribution is 2.20. The summed E-state index contributed by atoms with van der Waals surface area (Å²) < 4.78 is 5.01. The van der Waals surface area contributed by atoms with Crippen LogP contribution in [-0.4, -0.2) is 23.5 Å². The number of anilines is 1. The molecular formula is C17H17N3O3. The van der Waals surface area contributed by atoms with E-state index in [-0.39, 0.29) is 12.5 Å². The zero-order valence-electron chi connectivity index (χ0n) is 13.2. The van der Waals surface area contributed by atoms with Crippen molar-refractivity contribution in [2.24, 2.45) is 0 Å². The summed E-state index contributed by atoms with van der Waals surface area (Å²) in [5.41, 5.74) is 2.92. The molecule has 1 heterocycles. The molecule has 0 aliphatic carbocycles. The fourth-order valence-electron chi connectivity index (χ4n) is 2.31. The van der Waals surface area contributed by atoms with E-state index in [1.54, 1.807) is 45.0 Å². The first-order valence-corrected chi connectivity index (χ1v) is 7.15. The summed E-state index contributed by atoms with van der Waals surface area (Å²) in [7, 11) is 0. The molecule has 0 fully saturated rings. The summed E-state index contributed by atoms with van der Waals surface area (Å²) in [5.74, 6) is -0.804. The van der Waals surface area contributed by atoms with E-state index in [0.717, 1.165) is 0 Å². The number of nitrogens with zero attached hydrogens (tertiary/aromatic N) is 1. The summed E-state index contributed by atoms with van der Waals surface area (Å²) in [6.07, 6.45) is 0. The van der Waals surface area contributed by atoms with Gasteiger partial charge in [-0.3, -0.25) is 4.79 Å². The average molecular weight is 311 g/mol. The topological polar surface area (TPSA) is 95.0 Å². The molecule has 0 saturated carbocycles. The highest BCUT2D eigenvalue weighted by atomic mass is 16.5. The molecular weight excluding hydrogens is 294 g/mol. The number of benzene rings is 1. The Balaban J connectivity index is 2.24. The van der Waals surface area contributed by atoms with E-state index in [1.807, 2.05) is 6.07 Å². The number of nitrogens with one attached hydrogen (secondary N) is 2. The van der Waals surface area contributed by atoms with Crippen molar-refractivity contribution >= 4 is 17.6 Å². The summed E-state index contributed by atoms with van der Waals surface area (Å²) >= 11 is 0. The second-order valence-electron chi connectivity index (χ2n) is 4.99. The number of aromatic nitrogens is 1.